The van der Waals surface area contributed by atoms with Crippen LogP contribution in [0.25, 0.3) is 11.3 Å². The summed E-state index contributed by atoms with van der Waals surface area (Å²) in [5, 5.41) is 9.23. The SMILES string of the molecule is Cc1ccc2nc(CSc3nnc(COc4ccccc4F)n3-c3ccccc3)cc(=O)n2c1. The Morgan fingerprint density at radius 3 is 2.62 bits per heavy atom. The summed E-state index contributed by atoms with van der Waals surface area (Å²) in [6.07, 6.45) is 1.77. The first-order valence-electron chi connectivity index (χ1n) is 10.6. The third kappa shape index (κ3) is 4.55. The van der Waals surface area contributed by atoms with Crippen molar-refractivity contribution in [1.82, 2.24) is 24.1 Å². The average Bonchev–Trinajstić information content (AvgIpc) is 3.26. The van der Waals surface area contributed by atoms with Gasteiger partial charge in [0.1, 0.15) is 12.3 Å². The normalized spacial score (nSPS) is 11.1. The number of rotatable bonds is 7. The van der Waals surface area contributed by atoms with E-state index in [0.29, 0.717) is 28.1 Å². The number of para-hydroxylation sites is 2. The molecule has 5 aromatic rings. The zero-order valence-electron chi connectivity index (χ0n) is 18.3. The highest BCUT2D eigenvalue weighted by Gasteiger charge is 2.16. The number of halogens is 1. The molecule has 7 nitrogen and oxygen atoms in total. The topological polar surface area (TPSA) is 74.3 Å². The first-order valence-corrected chi connectivity index (χ1v) is 11.6. The first-order chi connectivity index (χ1) is 16.6. The summed E-state index contributed by atoms with van der Waals surface area (Å²) in [4.78, 5) is 17.1. The Labute approximate surface area is 198 Å². The fraction of sp³-hybridized carbons (Fsp3) is 0.120. The summed E-state index contributed by atoms with van der Waals surface area (Å²) in [6, 6.07) is 21.1. The molecule has 0 saturated heterocycles. The van der Waals surface area contributed by atoms with Gasteiger partial charge in [-0.3, -0.25) is 13.8 Å². The van der Waals surface area contributed by atoms with Crippen LogP contribution in [0.3, 0.4) is 0 Å². The van der Waals surface area contributed by atoms with Crippen LogP contribution in [0.4, 0.5) is 4.39 Å². The van der Waals surface area contributed by atoms with Crippen molar-refractivity contribution in [3.8, 4) is 11.4 Å². The van der Waals surface area contributed by atoms with Crippen LogP contribution < -0.4 is 10.3 Å². The average molecular weight is 474 g/mol. The number of fused-ring (bicyclic) bond motifs is 1. The van der Waals surface area contributed by atoms with Gasteiger partial charge in [-0.2, -0.15) is 0 Å². The van der Waals surface area contributed by atoms with Crippen molar-refractivity contribution in [2.45, 2.75) is 24.4 Å². The maximum Gasteiger partial charge on any atom is 0.258 e. The van der Waals surface area contributed by atoms with E-state index in [-0.39, 0.29) is 17.9 Å². The zero-order valence-corrected chi connectivity index (χ0v) is 19.1. The van der Waals surface area contributed by atoms with E-state index in [0.717, 1.165) is 11.3 Å². The molecule has 0 aliphatic carbocycles. The van der Waals surface area contributed by atoms with Gasteiger partial charge in [-0.05, 0) is 42.8 Å². The van der Waals surface area contributed by atoms with Crippen molar-refractivity contribution < 1.29 is 9.13 Å². The fourth-order valence-electron chi connectivity index (χ4n) is 3.50. The predicted molar refractivity (Wildman–Crippen MR) is 128 cm³/mol. The zero-order chi connectivity index (χ0) is 23.5. The molecule has 0 aliphatic heterocycles. The van der Waals surface area contributed by atoms with Gasteiger partial charge in [0.15, 0.2) is 22.5 Å². The van der Waals surface area contributed by atoms with Crippen molar-refractivity contribution in [3.05, 3.63) is 112 Å². The van der Waals surface area contributed by atoms with Crippen molar-refractivity contribution in [2.24, 2.45) is 0 Å². The van der Waals surface area contributed by atoms with Gasteiger partial charge in [-0.1, -0.05) is 48.2 Å². The minimum atomic E-state index is -0.438. The Balaban J connectivity index is 1.42. The number of hydrogen-bond acceptors (Lipinski definition) is 6. The van der Waals surface area contributed by atoms with Gasteiger partial charge in [0.25, 0.3) is 5.56 Å². The molecule has 0 N–H and O–H groups in total. The molecular formula is C25H20FN5O2S. The van der Waals surface area contributed by atoms with Crippen LogP contribution in [-0.2, 0) is 12.4 Å². The molecule has 0 spiro atoms. The van der Waals surface area contributed by atoms with Crippen LogP contribution in [0.5, 0.6) is 5.75 Å². The molecular weight excluding hydrogens is 453 g/mol. The summed E-state index contributed by atoms with van der Waals surface area (Å²) in [5.41, 5.74) is 2.94. The monoisotopic (exact) mass is 473 g/mol. The lowest BCUT2D eigenvalue weighted by atomic mass is 10.3. The van der Waals surface area contributed by atoms with E-state index >= 15 is 0 Å². The molecule has 0 aliphatic rings. The minimum absolute atomic E-state index is 0.0400. The molecule has 9 heteroatoms. The van der Waals surface area contributed by atoms with Gasteiger partial charge < -0.3 is 4.74 Å². The summed E-state index contributed by atoms with van der Waals surface area (Å²) in [6.45, 7) is 1.97. The number of hydrogen-bond donors (Lipinski definition) is 0. The standard InChI is InChI=1S/C25H20FN5O2S/c1-17-11-12-22-27-18(13-24(32)30(22)14-17)16-34-25-29-28-23(31(25)19-7-3-2-4-8-19)15-33-21-10-6-5-9-20(21)26/h2-14H,15-16H2,1H3. The second-order valence-corrected chi connectivity index (χ2v) is 8.54. The highest BCUT2D eigenvalue weighted by Crippen LogP contribution is 2.26. The Morgan fingerprint density at radius 2 is 1.79 bits per heavy atom. The molecule has 34 heavy (non-hydrogen) atoms. The Kier molecular flexibility index (Phi) is 6.09. The van der Waals surface area contributed by atoms with Crippen molar-refractivity contribution in [1.29, 1.82) is 0 Å². The fourth-order valence-corrected chi connectivity index (χ4v) is 4.36. The quantitative estimate of drug-likeness (QED) is 0.322. The smallest absolute Gasteiger partial charge is 0.258 e. The maximum absolute atomic E-state index is 14.0. The molecule has 0 atom stereocenters. The molecule has 0 bridgehead atoms. The lowest BCUT2D eigenvalue weighted by Crippen LogP contribution is -2.15. The number of thioether (sulfide) groups is 1. The van der Waals surface area contributed by atoms with Gasteiger partial charge in [-0.15, -0.1) is 10.2 Å². The van der Waals surface area contributed by atoms with Crippen LogP contribution >= 0.6 is 11.8 Å². The van der Waals surface area contributed by atoms with E-state index in [1.165, 1.54) is 28.3 Å². The van der Waals surface area contributed by atoms with Crippen molar-refractivity contribution >= 4 is 17.4 Å². The highest BCUT2D eigenvalue weighted by molar-refractivity contribution is 7.98. The Hall–Kier alpha value is -3.98. The van der Waals surface area contributed by atoms with E-state index in [1.807, 2.05) is 54.0 Å². The lowest BCUT2D eigenvalue weighted by Gasteiger charge is -2.11. The number of ether oxygens (including phenoxy) is 1. The molecule has 0 saturated carbocycles. The Bertz CT molecular complexity index is 1520. The van der Waals surface area contributed by atoms with E-state index in [1.54, 1.807) is 24.4 Å². The number of pyridine rings is 1. The summed E-state index contributed by atoms with van der Waals surface area (Å²) in [5.74, 6) is 0.666. The van der Waals surface area contributed by atoms with Crippen molar-refractivity contribution in [3.63, 3.8) is 0 Å². The first kappa shape index (κ1) is 21.8. The largest absolute Gasteiger partial charge is 0.483 e. The van der Waals surface area contributed by atoms with Crippen LogP contribution in [-0.4, -0.2) is 24.1 Å². The maximum atomic E-state index is 14.0. The van der Waals surface area contributed by atoms with E-state index in [2.05, 4.69) is 15.2 Å². The molecule has 0 amide bonds. The highest BCUT2D eigenvalue weighted by atomic mass is 32.2. The van der Waals surface area contributed by atoms with Crippen LogP contribution in [0, 0.1) is 12.7 Å². The molecule has 2 aromatic carbocycles. The van der Waals surface area contributed by atoms with Gasteiger partial charge in [-0.25, -0.2) is 9.37 Å². The van der Waals surface area contributed by atoms with Crippen molar-refractivity contribution in [2.75, 3.05) is 0 Å². The van der Waals surface area contributed by atoms with E-state index in [9.17, 15) is 9.18 Å². The third-order valence-electron chi connectivity index (χ3n) is 5.12. The number of aromatic nitrogens is 5. The predicted octanol–water partition coefficient (Wildman–Crippen LogP) is 4.59. The van der Waals surface area contributed by atoms with Gasteiger partial charge in [0.2, 0.25) is 0 Å². The summed E-state index contributed by atoms with van der Waals surface area (Å²) in [7, 11) is 0. The summed E-state index contributed by atoms with van der Waals surface area (Å²) >= 11 is 1.41. The van der Waals surface area contributed by atoms with Crippen LogP contribution in [0.2, 0.25) is 0 Å². The molecule has 0 fully saturated rings. The van der Waals surface area contributed by atoms with Crippen LogP contribution in [0.1, 0.15) is 17.1 Å². The van der Waals surface area contributed by atoms with Crippen LogP contribution in [0.15, 0.2) is 88.9 Å². The second-order valence-electron chi connectivity index (χ2n) is 7.60. The van der Waals surface area contributed by atoms with E-state index < -0.39 is 5.82 Å². The number of nitrogens with zero attached hydrogens (tertiary/aromatic N) is 5. The second kappa shape index (κ2) is 9.48. The number of aryl methyl sites for hydroxylation is 1. The third-order valence-corrected chi connectivity index (χ3v) is 6.08. The molecule has 0 radical (unpaired) electrons. The molecule has 170 valence electrons. The molecule has 3 heterocycles. The number of benzene rings is 2. The van der Waals surface area contributed by atoms with Gasteiger partial charge in [0.05, 0.1) is 5.69 Å². The van der Waals surface area contributed by atoms with Gasteiger partial charge in [0, 0.05) is 23.7 Å². The Morgan fingerprint density at radius 1 is 1.00 bits per heavy atom. The summed E-state index contributed by atoms with van der Waals surface area (Å²) < 4.78 is 23.1. The van der Waals surface area contributed by atoms with E-state index in [4.69, 9.17) is 4.74 Å². The minimum Gasteiger partial charge on any atom is -0.483 e. The molecule has 0 unspecified atom stereocenters. The van der Waals surface area contributed by atoms with Gasteiger partial charge >= 0.3 is 0 Å². The molecule has 5 rings (SSSR count). The lowest BCUT2D eigenvalue weighted by molar-refractivity contribution is 0.278. The molecule has 3 aromatic heterocycles.